The van der Waals surface area contributed by atoms with Gasteiger partial charge in [-0.15, -0.1) is 16.8 Å². The lowest BCUT2D eigenvalue weighted by atomic mass is 10.1. The molecule has 3 rings (SSSR count). The van der Waals surface area contributed by atoms with E-state index in [9.17, 15) is 4.79 Å². The second-order valence-corrected chi connectivity index (χ2v) is 8.73. The topological polar surface area (TPSA) is 59.8 Å². The van der Waals surface area contributed by atoms with E-state index >= 15 is 0 Å². The molecule has 156 valence electrons. The van der Waals surface area contributed by atoms with Crippen LogP contribution in [0.15, 0.2) is 48.1 Å². The van der Waals surface area contributed by atoms with E-state index in [1.165, 1.54) is 17.3 Å². The number of carbonyl (C=O) groups excluding carboxylic acids is 1. The molecule has 30 heavy (non-hydrogen) atoms. The van der Waals surface area contributed by atoms with E-state index in [0.29, 0.717) is 27.6 Å². The zero-order chi connectivity index (χ0) is 21.8. The van der Waals surface area contributed by atoms with Crippen LogP contribution in [0.3, 0.4) is 0 Å². The van der Waals surface area contributed by atoms with E-state index in [2.05, 4.69) is 34.2 Å². The van der Waals surface area contributed by atoms with Gasteiger partial charge in [-0.05, 0) is 50.1 Å². The molecular formula is C22H22Cl2N4OS. The van der Waals surface area contributed by atoms with Crippen molar-refractivity contribution in [2.75, 3.05) is 11.1 Å². The van der Waals surface area contributed by atoms with Crippen molar-refractivity contribution in [2.45, 2.75) is 32.5 Å². The Morgan fingerprint density at radius 3 is 2.50 bits per heavy atom. The lowest BCUT2D eigenvalue weighted by molar-refractivity contribution is -0.113. The van der Waals surface area contributed by atoms with Gasteiger partial charge in [0.05, 0.1) is 10.8 Å². The molecule has 8 heteroatoms. The molecule has 1 aromatic heterocycles. The van der Waals surface area contributed by atoms with Crippen LogP contribution >= 0.6 is 35.0 Å². The molecule has 1 N–H and O–H groups in total. The van der Waals surface area contributed by atoms with E-state index in [-0.39, 0.29) is 11.7 Å². The Labute approximate surface area is 190 Å². The minimum atomic E-state index is -0.103. The minimum absolute atomic E-state index is 0.103. The Morgan fingerprint density at radius 1 is 1.17 bits per heavy atom. The maximum atomic E-state index is 12.6. The highest BCUT2D eigenvalue weighted by molar-refractivity contribution is 7.99. The van der Waals surface area contributed by atoms with Crippen molar-refractivity contribution in [3.8, 4) is 11.4 Å². The molecule has 0 saturated heterocycles. The van der Waals surface area contributed by atoms with E-state index in [4.69, 9.17) is 23.2 Å². The lowest BCUT2D eigenvalue weighted by Gasteiger charge is -2.13. The summed E-state index contributed by atoms with van der Waals surface area (Å²) in [7, 11) is 0. The number of hydrogen-bond acceptors (Lipinski definition) is 4. The smallest absolute Gasteiger partial charge is 0.234 e. The summed E-state index contributed by atoms with van der Waals surface area (Å²) in [6.07, 6.45) is 1.75. The maximum Gasteiger partial charge on any atom is 0.234 e. The highest BCUT2D eigenvalue weighted by Crippen LogP contribution is 2.31. The van der Waals surface area contributed by atoms with E-state index in [0.717, 1.165) is 22.4 Å². The van der Waals surface area contributed by atoms with Gasteiger partial charge in [-0.3, -0.25) is 9.36 Å². The molecule has 2 aromatic carbocycles. The summed E-state index contributed by atoms with van der Waals surface area (Å²) in [5.74, 6) is 0.704. The monoisotopic (exact) mass is 460 g/mol. The Kier molecular flexibility index (Phi) is 7.23. The van der Waals surface area contributed by atoms with Crippen LogP contribution in [0.1, 0.15) is 16.7 Å². The van der Waals surface area contributed by atoms with Crippen molar-refractivity contribution >= 4 is 46.6 Å². The molecule has 1 heterocycles. The third-order valence-electron chi connectivity index (χ3n) is 4.47. The quantitative estimate of drug-likeness (QED) is 0.342. The van der Waals surface area contributed by atoms with Crippen molar-refractivity contribution in [3.63, 3.8) is 0 Å². The Hall–Kier alpha value is -2.28. The van der Waals surface area contributed by atoms with Gasteiger partial charge in [0.25, 0.3) is 0 Å². The second-order valence-electron chi connectivity index (χ2n) is 6.94. The molecule has 0 fully saturated rings. The van der Waals surface area contributed by atoms with Gasteiger partial charge in [0.1, 0.15) is 0 Å². The van der Waals surface area contributed by atoms with Gasteiger partial charge < -0.3 is 5.32 Å². The summed E-state index contributed by atoms with van der Waals surface area (Å²) < 4.78 is 1.88. The zero-order valence-corrected chi connectivity index (χ0v) is 19.3. The molecule has 0 unspecified atom stereocenters. The van der Waals surface area contributed by atoms with E-state index in [1.807, 2.05) is 25.3 Å². The number of aryl methyl sites for hydroxylation is 3. The summed E-state index contributed by atoms with van der Waals surface area (Å²) in [6.45, 7) is 10.3. The number of benzene rings is 2. The molecule has 3 aromatic rings. The first-order valence-electron chi connectivity index (χ1n) is 9.30. The number of amides is 1. The molecule has 0 bridgehead atoms. The molecule has 0 aliphatic heterocycles. The predicted molar refractivity (Wildman–Crippen MR) is 126 cm³/mol. The Bertz CT molecular complexity index is 1090. The summed E-state index contributed by atoms with van der Waals surface area (Å²) in [5.41, 5.74) is 4.83. The number of aromatic nitrogens is 3. The summed E-state index contributed by atoms with van der Waals surface area (Å²) >= 11 is 13.7. The SMILES string of the molecule is C=CCn1c(SCC(=O)Nc2c(C)cc(C)cc2C)nnc1-c1ccc(Cl)cc1Cl. The zero-order valence-electron chi connectivity index (χ0n) is 17.0. The fourth-order valence-corrected chi connectivity index (χ4v) is 4.48. The standard InChI is InChI=1S/C22H22Cl2N4OS/c1-5-8-28-21(17-7-6-16(23)11-18(17)24)26-27-22(28)30-12-19(29)25-20-14(3)9-13(2)10-15(20)4/h5-7,9-11H,1,8,12H2,2-4H3,(H,25,29). The van der Waals surface area contributed by atoms with Gasteiger partial charge >= 0.3 is 0 Å². The van der Waals surface area contributed by atoms with Crippen molar-refractivity contribution < 1.29 is 4.79 Å². The fraction of sp³-hybridized carbons (Fsp3) is 0.227. The summed E-state index contributed by atoms with van der Waals surface area (Å²) in [6, 6.07) is 9.33. The van der Waals surface area contributed by atoms with Crippen LogP contribution in [0.5, 0.6) is 0 Å². The van der Waals surface area contributed by atoms with Gasteiger partial charge in [0, 0.05) is 22.8 Å². The summed E-state index contributed by atoms with van der Waals surface area (Å²) in [4.78, 5) is 12.6. The molecule has 5 nitrogen and oxygen atoms in total. The van der Waals surface area contributed by atoms with Gasteiger partial charge in [-0.1, -0.05) is 58.7 Å². The first kappa shape index (κ1) is 22.4. The average Bonchev–Trinajstić information content (AvgIpc) is 3.06. The second kappa shape index (κ2) is 9.69. The normalized spacial score (nSPS) is 10.8. The first-order valence-corrected chi connectivity index (χ1v) is 11.0. The molecule has 1 amide bonds. The number of halogens is 2. The number of thioether (sulfide) groups is 1. The van der Waals surface area contributed by atoms with Gasteiger partial charge in [0.2, 0.25) is 5.91 Å². The van der Waals surface area contributed by atoms with Crippen LogP contribution in [-0.2, 0) is 11.3 Å². The number of anilines is 1. The van der Waals surface area contributed by atoms with E-state index < -0.39 is 0 Å². The van der Waals surface area contributed by atoms with Crippen LogP contribution in [0.25, 0.3) is 11.4 Å². The van der Waals surface area contributed by atoms with Crippen molar-refractivity contribution in [2.24, 2.45) is 0 Å². The van der Waals surface area contributed by atoms with Crippen LogP contribution < -0.4 is 5.32 Å². The number of allylic oxidation sites excluding steroid dienone is 1. The van der Waals surface area contributed by atoms with E-state index in [1.54, 1.807) is 24.3 Å². The fourth-order valence-electron chi connectivity index (χ4n) is 3.24. The third-order valence-corrected chi connectivity index (χ3v) is 5.99. The molecule has 0 atom stereocenters. The predicted octanol–water partition coefficient (Wildman–Crippen LogP) is 6.09. The molecule has 0 aliphatic carbocycles. The van der Waals surface area contributed by atoms with Crippen LogP contribution in [-0.4, -0.2) is 26.4 Å². The maximum absolute atomic E-state index is 12.6. The molecule has 0 aliphatic rings. The molecule has 0 spiro atoms. The Balaban J connectivity index is 1.78. The minimum Gasteiger partial charge on any atom is -0.325 e. The number of rotatable bonds is 7. The number of hydrogen-bond donors (Lipinski definition) is 1. The highest BCUT2D eigenvalue weighted by atomic mass is 35.5. The van der Waals surface area contributed by atoms with Crippen molar-refractivity contribution in [1.82, 2.24) is 14.8 Å². The molecular weight excluding hydrogens is 439 g/mol. The third kappa shape index (κ3) is 5.06. The van der Waals surface area contributed by atoms with Gasteiger partial charge in [0.15, 0.2) is 11.0 Å². The number of carbonyl (C=O) groups is 1. The number of nitrogens with zero attached hydrogens (tertiary/aromatic N) is 3. The average molecular weight is 461 g/mol. The van der Waals surface area contributed by atoms with Gasteiger partial charge in [-0.2, -0.15) is 0 Å². The van der Waals surface area contributed by atoms with Gasteiger partial charge in [-0.25, -0.2) is 0 Å². The van der Waals surface area contributed by atoms with Crippen molar-refractivity contribution in [1.29, 1.82) is 0 Å². The molecule has 0 saturated carbocycles. The highest BCUT2D eigenvalue weighted by Gasteiger charge is 2.17. The Morgan fingerprint density at radius 2 is 1.87 bits per heavy atom. The van der Waals surface area contributed by atoms with Crippen molar-refractivity contribution in [3.05, 3.63) is 69.7 Å². The largest absolute Gasteiger partial charge is 0.325 e. The molecule has 0 radical (unpaired) electrons. The number of nitrogens with one attached hydrogen (secondary N) is 1. The summed E-state index contributed by atoms with van der Waals surface area (Å²) in [5, 5.41) is 13.2. The lowest BCUT2D eigenvalue weighted by Crippen LogP contribution is -2.16. The first-order chi connectivity index (χ1) is 14.3. The van der Waals surface area contributed by atoms with Crippen LogP contribution in [0, 0.1) is 20.8 Å². The van der Waals surface area contributed by atoms with Crippen LogP contribution in [0.4, 0.5) is 5.69 Å². The van der Waals surface area contributed by atoms with Crippen LogP contribution in [0.2, 0.25) is 10.0 Å².